The van der Waals surface area contributed by atoms with Crippen molar-refractivity contribution in [2.45, 2.75) is 38.1 Å². The Morgan fingerprint density at radius 3 is 2.73 bits per heavy atom. The third kappa shape index (κ3) is 5.63. The normalized spacial score (nSPS) is 16.7. The molecule has 0 bridgehead atoms. The van der Waals surface area contributed by atoms with E-state index in [-0.39, 0.29) is 6.04 Å². The fourth-order valence-corrected chi connectivity index (χ4v) is 5.02. The van der Waals surface area contributed by atoms with Crippen LogP contribution in [0.1, 0.15) is 38.2 Å². The molecule has 2 aromatic carbocycles. The number of aromatic nitrogens is 1. The molecule has 5 heteroatoms. The molecule has 0 saturated carbocycles. The molecule has 0 radical (unpaired) electrons. The van der Waals surface area contributed by atoms with Crippen molar-refractivity contribution in [3.05, 3.63) is 89.5 Å². The molecular weight excluding hydrogens is 406 g/mol. The number of rotatable bonds is 6. The molecule has 0 spiro atoms. The fraction of sp³-hybridized carbons (Fsp3) is 0.240. The number of nitrogens with one attached hydrogen (secondary N) is 1. The number of fused-ring (bicyclic) bond motifs is 1. The van der Waals surface area contributed by atoms with E-state index in [1.165, 1.54) is 10.3 Å². The van der Waals surface area contributed by atoms with Crippen LogP contribution < -0.4 is 10.5 Å². The Hall–Kier alpha value is -2.34. The van der Waals surface area contributed by atoms with Crippen LogP contribution in [0.25, 0.3) is 10.2 Å². The molecule has 0 saturated heterocycles. The third-order valence-corrected chi connectivity index (χ3v) is 6.82. The fourth-order valence-electron chi connectivity index (χ4n) is 3.11. The van der Waals surface area contributed by atoms with Crippen LogP contribution >= 0.6 is 23.3 Å². The Morgan fingerprint density at radius 1 is 1.20 bits per heavy atom. The molecular formula is C25H29N3S2. The lowest BCUT2D eigenvalue weighted by atomic mass is 9.91. The van der Waals surface area contributed by atoms with E-state index in [1.54, 1.807) is 23.3 Å². The first kappa shape index (κ1) is 22.3. The highest BCUT2D eigenvalue weighted by atomic mass is 32.2. The maximum atomic E-state index is 5.93. The van der Waals surface area contributed by atoms with Gasteiger partial charge in [0.05, 0.1) is 16.3 Å². The number of hydrogen-bond donors (Lipinski definition) is 2. The van der Waals surface area contributed by atoms with Crippen LogP contribution in [-0.2, 0) is 0 Å². The van der Waals surface area contributed by atoms with Gasteiger partial charge in [-0.05, 0) is 65.8 Å². The first-order valence-electron chi connectivity index (χ1n) is 10.3. The third-order valence-electron chi connectivity index (χ3n) is 4.78. The Morgan fingerprint density at radius 2 is 2.00 bits per heavy atom. The summed E-state index contributed by atoms with van der Waals surface area (Å²) in [5, 5.41) is 1.09. The molecule has 2 atom stereocenters. The first-order chi connectivity index (χ1) is 14.6. The minimum absolute atomic E-state index is 0.0981. The number of anilines is 1. The van der Waals surface area contributed by atoms with Gasteiger partial charge in [-0.2, -0.15) is 0 Å². The Labute approximate surface area is 187 Å². The van der Waals surface area contributed by atoms with Crippen LogP contribution in [-0.4, -0.2) is 4.98 Å². The second kappa shape index (κ2) is 10.6. The number of nitrogens with zero attached hydrogens (tertiary/aromatic N) is 1. The van der Waals surface area contributed by atoms with E-state index >= 15 is 0 Å². The van der Waals surface area contributed by atoms with Gasteiger partial charge in [-0.3, -0.25) is 0 Å². The Kier molecular flexibility index (Phi) is 7.91. The number of nitrogen functional groups attached to an aromatic ring is 1. The number of nitrogens with two attached hydrogens (primary N) is 1. The molecule has 0 amide bonds. The molecule has 4 rings (SSSR count). The zero-order chi connectivity index (χ0) is 21.5. The molecule has 1 aliphatic carbocycles. The minimum Gasteiger partial charge on any atom is -0.399 e. The van der Waals surface area contributed by atoms with Gasteiger partial charge in [0.15, 0.2) is 0 Å². The lowest BCUT2D eigenvalue weighted by molar-refractivity contribution is 0.667. The zero-order valence-electron chi connectivity index (χ0n) is 17.8. The predicted molar refractivity (Wildman–Crippen MR) is 134 cm³/mol. The summed E-state index contributed by atoms with van der Waals surface area (Å²) in [5.74, 6) is 0.402. The quantitative estimate of drug-likeness (QED) is 0.314. The number of hydrogen-bond acceptors (Lipinski definition) is 5. The standard InChI is InChI=1S/C23H23N3S2.C2H6/c1-15-10-11-17(12-16(15)2)13-21(26-28-19-7-5-6-18(24)14-19)23-25-20-8-3-4-9-22(20)27-23;1-2/h3-12,14-15,21,26H,2,13,24H2,1H3;1-2H3. The van der Waals surface area contributed by atoms with E-state index in [0.29, 0.717) is 5.92 Å². The molecule has 3 nitrogen and oxygen atoms in total. The van der Waals surface area contributed by atoms with Crippen LogP contribution in [0, 0.1) is 5.92 Å². The molecule has 0 aliphatic heterocycles. The maximum absolute atomic E-state index is 5.93. The van der Waals surface area contributed by atoms with Crippen molar-refractivity contribution in [1.82, 2.24) is 9.71 Å². The monoisotopic (exact) mass is 435 g/mol. The number of benzene rings is 2. The summed E-state index contributed by atoms with van der Waals surface area (Å²) >= 11 is 3.35. The molecule has 2 unspecified atom stereocenters. The van der Waals surface area contributed by atoms with Crippen LogP contribution in [0.3, 0.4) is 0 Å². The molecule has 1 aromatic heterocycles. The van der Waals surface area contributed by atoms with E-state index < -0.39 is 0 Å². The van der Waals surface area contributed by atoms with Crippen LogP contribution in [0.15, 0.2) is 89.4 Å². The summed E-state index contributed by atoms with van der Waals surface area (Å²) in [7, 11) is 0. The van der Waals surface area contributed by atoms with Gasteiger partial charge in [0.2, 0.25) is 0 Å². The highest BCUT2D eigenvalue weighted by molar-refractivity contribution is 7.97. The summed E-state index contributed by atoms with van der Waals surface area (Å²) in [6.45, 7) is 10.4. The van der Waals surface area contributed by atoms with E-state index in [1.807, 2.05) is 38.1 Å². The summed E-state index contributed by atoms with van der Waals surface area (Å²) in [6.07, 6.45) is 7.50. The van der Waals surface area contributed by atoms with Crippen molar-refractivity contribution in [2.24, 2.45) is 5.92 Å². The lowest BCUT2D eigenvalue weighted by Crippen LogP contribution is -2.15. The van der Waals surface area contributed by atoms with Crippen molar-refractivity contribution in [3.8, 4) is 0 Å². The average Bonchev–Trinajstić information content (AvgIpc) is 3.19. The van der Waals surface area contributed by atoms with Gasteiger partial charge in [-0.25, -0.2) is 9.71 Å². The second-order valence-corrected chi connectivity index (χ2v) is 8.98. The highest BCUT2D eigenvalue weighted by Gasteiger charge is 2.19. The first-order valence-corrected chi connectivity index (χ1v) is 11.9. The zero-order valence-corrected chi connectivity index (χ0v) is 19.4. The van der Waals surface area contributed by atoms with Gasteiger partial charge in [-0.15, -0.1) is 11.3 Å². The lowest BCUT2D eigenvalue weighted by Gasteiger charge is -2.20. The molecule has 1 heterocycles. The molecule has 156 valence electrons. The van der Waals surface area contributed by atoms with Crippen molar-refractivity contribution in [1.29, 1.82) is 0 Å². The summed E-state index contributed by atoms with van der Waals surface area (Å²) in [6, 6.07) is 16.3. The van der Waals surface area contributed by atoms with Crippen LogP contribution in [0.4, 0.5) is 5.69 Å². The summed E-state index contributed by atoms with van der Waals surface area (Å²) < 4.78 is 4.83. The van der Waals surface area contributed by atoms with Gasteiger partial charge in [0, 0.05) is 10.6 Å². The van der Waals surface area contributed by atoms with Gasteiger partial charge >= 0.3 is 0 Å². The van der Waals surface area contributed by atoms with Gasteiger partial charge in [0.25, 0.3) is 0 Å². The predicted octanol–water partition coefficient (Wildman–Crippen LogP) is 7.32. The number of para-hydroxylation sites is 1. The van der Waals surface area contributed by atoms with Crippen molar-refractivity contribution < 1.29 is 0 Å². The van der Waals surface area contributed by atoms with Gasteiger partial charge < -0.3 is 5.73 Å². The van der Waals surface area contributed by atoms with E-state index in [4.69, 9.17) is 10.7 Å². The van der Waals surface area contributed by atoms with Crippen molar-refractivity contribution >= 4 is 39.2 Å². The second-order valence-electron chi connectivity index (χ2n) is 7.01. The van der Waals surface area contributed by atoms with Gasteiger partial charge in [0.1, 0.15) is 5.01 Å². The van der Waals surface area contributed by atoms with Crippen LogP contribution in [0.2, 0.25) is 0 Å². The smallest absolute Gasteiger partial charge is 0.112 e. The molecule has 3 aromatic rings. The summed E-state index contributed by atoms with van der Waals surface area (Å²) in [5.41, 5.74) is 10.2. The van der Waals surface area contributed by atoms with E-state index in [2.05, 4.69) is 60.7 Å². The van der Waals surface area contributed by atoms with Crippen LogP contribution in [0.5, 0.6) is 0 Å². The Balaban J connectivity index is 0.00000124. The van der Waals surface area contributed by atoms with E-state index in [9.17, 15) is 0 Å². The van der Waals surface area contributed by atoms with E-state index in [0.717, 1.165) is 33.1 Å². The topological polar surface area (TPSA) is 50.9 Å². The number of thiazole rings is 1. The molecule has 0 fully saturated rings. The largest absolute Gasteiger partial charge is 0.399 e. The Bertz CT molecular complexity index is 1030. The maximum Gasteiger partial charge on any atom is 0.112 e. The van der Waals surface area contributed by atoms with Gasteiger partial charge in [-0.1, -0.05) is 63.8 Å². The molecule has 30 heavy (non-hydrogen) atoms. The molecule has 3 N–H and O–H groups in total. The summed E-state index contributed by atoms with van der Waals surface area (Å²) in [4.78, 5) is 5.98. The number of allylic oxidation sites excluding steroid dienone is 4. The van der Waals surface area contributed by atoms with Crippen molar-refractivity contribution in [3.63, 3.8) is 0 Å². The minimum atomic E-state index is 0.0981. The SMILES string of the molecule is C=C1C=C(CC(NSc2cccc(N)c2)c2nc3ccccc3s2)C=CC1C.CC. The molecule has 1 aliphatic rings. The van der Waals surface area contributed by atoms with Crippen molar-refractivity contribution in [2.75, 3.05) is 5.73 Å². The average molecular weight is 436 g/mol. The highest BCUT2D eigenvalue weighted by Crippen LogP contribution is 2.34.